The number of rotatable bonds is 1. The first kappa shape index (κ1) is 7.93. The summed E-state index contributed by atoms with van der Waals surface area (Å²) < 4.78 is 0. The standard InChI is InChI=1S/C9H17NS/c1-2-4-9(3-1)10-5-7-11-8-6-10/h9H,1-8H2. The average molecular weight is 171 g/mol. The molecule has 1 saturated heterocycles. The number of thioether (sulfide) groups is 1. The van der Waals surface area contributed by atoms with Gasteiger partial charge >= 0.3 is 0 Å². The van der Waals surface area contributed by atoms with E-state index < -0.39 is 0 Å². The predicted molar refractivity (Wildman–Crippen MR) is 51.2 cm³/mol. The van der Waals surface area contributed by atoms with Crippen LogP contribution in [-0.2, 0) is 0 Å². The molecule has 2 aliphatic rings. The van der Waals surface area contributed by atoms with Gasteiger partial charge in [-0.2, -0.15) is 11.8 Å². The molecule has 1 heterocycles. The highest BCUT2D eigenvalue weighted by atomic mass is 32.2. The SMILES string of the molecule is C1CCC(N2CCSCC2)C1. The maximum absolute atomic E-state index is 2.71. The average Bonchev–Trinajstić information content (AvgIpc) is 2.58. The van der Waals surface area contributed by atoms with Crippen molar-refractivity contribution in [1.82, 2.24) is 4.90 Å². The van der Waals surface area contributed by atoms with Crippen LogP contribution in [0.1, 0.15) is 25.7 Å². The first-order valence-corrected chi connectivity index (χ1v) is 5.94. The Morgan fingerprint density at radius 3 is 2.27 bits per heavy atom. The highest BCUT2D eigenvalue weighted by Gasteiger charge is 2.23. The summed E-state index contributed by atoms with van der Waals surface area (Å²) in [4.78, 5) is 2.71. The third kappa shape index (κ3) is 1.91. The van der Waals surface area contributed by atoms with E-state index in [4.69, 9.17) is 0 Å². The van der Waals surface area contributed by atoms with Crippen molar-refractivity contribution < 1.29 is 0 Å². The van der Waals surface area contributed by atoms with Crippen LogP contribution in [0.4, 0.5) is 0 Å². The molecule has 1 aliphatic carbocycles. The normalized spacial score (nSPS) is 29.5. The molecule has 0 radical (unpaired) electrons. The van der Waals surface area contributed by atoms with Gasteiger partial charge in [0.15, 0.2) is 0 Å². The molecule has 11 heavy (non-hydrogen) atoms. The lowest BCUT2D eigenvalue weighted by Crippen LogP contribution is -2.39. The first-order chi connectivity index (χ1) is 5.47. The maximum Gasteiger partial charge on any atom is 0.00959 e. The van der Waals surface area contributed by atoms with Gasteiger partial charge in [-0.3, -0.25) is 4.90 Å². The van der Waals surface area contributed by atoms with Gasteiger partial charge in [0, 0.05) is 30.6 Å². The zero-order chi connectivity index (χ0) is 7.52. The summed E-state index contributed by atoms with van der Waals surface area (Å²) in [5, 5.41) is 0. The fraction of sp³-hybridized carbons (Fsp3) is 1.00. The molecule has 0 N–H and O–H groups in total. The van der Waals surface area contributed by atoms with Gasteiger partial charge in [0.05, 0.1) is 0 Å². The van der Waals surface area contributed by atoms with Gasteiger partial charge in [-0.15, -0.1) is 0 Å². The molecule has 0 aromatic carbocycles. The van der Waals surface area contributed by atoms with Gasteiger partial charge in [-0.25, -0.2) is 0 Å². The molecule has 64 valence electrons. The molecule has 0 unspecified atom stereocenters. The van der Waals surface area contributed by atoms with Crippen molar-refractivity contribution in [3.05, 3.63) is 0 Å². The summed E-state index contributed by atoms with van der Waals surface area (Å²) in [6, 6.07) is 0.968. The van der Waals surface area contributed by atoms with Gasteiger partial charge in [0.2, 0.25) is 0 Å². The largest absolute Gasteiger partial charge is 0.299 e. The van der Waals surface area contributed by atoms with Gasteiger partial charge in [0.25, 0.3) is 0 Å². The van der Waals surface area contributed by atoms with E-state index in [9.17, 15) is 0 Å². The Kier molecular flexibility index (Phi) is 2.75. The van der Waals surface area contributed by atoms with E-state index in [2.05, 4.69) is 16.7 Å². The zero-order valence-electron chi connectivity index (χ0n) is 7.09. The summed E-state index contributed by atoms with van der Waals surface area (Å²) in [7, 11) is 0. The van der Waals surface area contributed by atoms with Crippen molar-refractivity contribution in [2.75, 3.05) is 24.6 Å². The van der Waals surface area contributed by atoms with Crippen LogP contribution in [0.2, 0.25) is 0 Å². The quantitative estimate of drug-likeness (QED) is 0.593. The summed E-state index contributed by atoms with van der Waals surface area (Å²) in [5.41, 5.74) is 0. The molecule has 0 aromatic rings. The highest BCUT2D eigenvalue weighted by molar-refractivity contribution is 7.99. The van der Waals surface area contributed by atoms with Gasteiger partial charge in [-0.1, -0.05) is 12.8 Å². The summed E-state index contributed by atoms with van der Waals surface area (Å²) in [5.74, 6) is 2.74. The fourth-order valence-electron chi connectivity index (χ4n) is 2.21. The molecule has 0 bridgehead atoms. The molecule has 0 atom stereocenters. The van der Waals surface area contributed by atoms with Crippen LogP contribution in [0.15, 0.2) is 0 Å². The molecule has 2 fully saturated rings. The third-order valence-corrected chi connectivity index (χ3v) is 3.83. The summed E-state index contributed by atoms with van der Waals surface area (Å²) in [6.07, 6.45) is 5.91. The number of hydrogen-bond acceptors (Lipinski definition) is 2. The van der Waals surface area contributed by atoms with E-state index >= 15 is 0 Å². The van der Waals surface area contributed by atoms with Crippen molar-refractivity contribution in [2.24, 2.45) is 0 Å². The van der Waals surface area contributed by atoms with Crippen molar-refractivity contribution >= 4 is 11.8 Å². The second-order valence-electron chi connectivity index (χ2n) is 3.59. The van der Waals surface area contributed by atoms with Crippen LogP contribution in [-0.4, -0.2) is 35.5 Å². The van der Waals surface area contributed by atoms with Crippen LogP contribution in [0.3, 0.4) is 0 Å². The molecule has 2 rings (SSSR count). The lowest BCUT2D eigenvalue weighted by Gasteiger charge is -2.31. The van der Waals surface area contributed by atoms with E-state index in [-0.39, 0.29) is 0 Å². The van der Waals surface area contributed by atoms with Gasteiger partial charge in [-0.05, 0) is 12.8 Å². The Morgan fingerprint density at radius 1 is 1.00 bits per heavy atom. The van der Waals surface area contributed by atoms with Crippen LogP contribution in [0, 0.1) is 0 Å². The second-order valence-corrected chi connectivity index (χ2v) is 4.81. The lowest BCUT2D eigenvalue weighted by molar-refractivity contribution is 0.219. The first-order valence-electron chi connectivity index (χ1n) is 4.78. The van der Waals surface area contributed by atoms with Crippen molar-refractivity contribution in [3.63, 3.8) is 0 Å². The maximum atomic E-state index is 2.71. The van der Waals surface area contributed by atoms with Crippen LogP contribution < -0.4 is 0 Å². The summed E-state index contributed by atoms with van der Waals surface area (Å²) >= 11 is 2.12. The van der Waals surface area contributed by atoms with Gasteiger partial charge < -0.3 is 0 Å². The monoisotopic (exact) mass is 171 g/mol. The van der Waals surface area contributed by atoms with Crippen molar-refractivity contribution in [3.8, 4) is 0 Å². The zero-order valence-corrected chi connectivity index (χ0v) is 7.91. The molecule has 2 heteroatoms. The number of hydrogen-bond donors (Lipinski definition) is 0. The van der Waals surface area contributed by atoms with E-state index in [1.165, 1.54) is 50.3 Å². The Bertz CT molecular complexity index is 115. The molecule has 0 aromatic heterocycles. The molecule has 0 spiro atoms. The smallest absolute Gasteiger partial charge is 0.00959 e. The third-order valence-electron chi connectivity index (χ3n) is 2.89. The van der Waals surface area contributed by atoms with Crippen molar-refractivity contribution in [1.29, 1.82) is 0 Å². The second kappa shape index (κ2) is 3.81. The Labute approximate surface area is 73.5 Å². The van der Waals surface area contributed by atoms with E-state index in [0.29, 0.717) is 0 Å². The Balaban J connectivity index is 1.82. The minimum absolute atomic E-state index is 0.968. The molecular weight excluding hydrogens is 154 g/mol. The molecule has 1 saturated carbocycles. The highest BCUT2D eigenvalue weighted by Crippen LogP contribution is 2.25. The van der Waals surface area contributed by atoms with Crippen LogP contribution in [0.5, 0.6) is 0 Å². The Morgan fingerprint density at radius 2 is 1.64 bits per heavy atom. The van der Waals surface area contributed by atoms with Crippen LogP contribution >= 0.6 is 11.8 Å². The van der Waals surface area contributed by atoms with Crippen molar-refractivity contribution in [2.45, 2.75) is 31.7 Å². The lowest BCUT2D eigenvalue weighted by atomic mass is 10.2. The van der Waals surface area contributed by atoms with E-state index in [1.807, 2.05) is 0 Å². The predicted octanol–water partition coefficient (Wildman–Crippen LogP) is 1.98. The molecule has 0 amide bonds. The molecular formula is C9H17NS. The minimum Gasteiger partial charge on any atom is -0.299 e. The molecule has 1 nitrogen and oxygen atoms in total. The van der Waals surface area contributed by atoms with Crippen LogP contribution in [0.25, 0.3) is 0 Å². The fourth-order valence-corrected chi connectivity index (χ4v) is 3.14. The molecule has 1 aliphatic heterocycles. The number of nitrogens with zero attached hydrogens (tertiary/aromatic N) is 1. The summed E-state index contributed by atoms with van der Waals surface area (Å²) in [6.45, 7) is 2.71. The topological polar surface area (TPSA) is 3.24 Å². The van der Waals surface area contributed by atoms with E-state index in [0.717, 1.165) is 6.04 Å². The Hall–Kier alpha value is 0.310. The van der Waals surface area contributed by atoms with E-state index in [1.54, 1.807) is 0 Å². The van der Waals surface area contributed by atoms with Gasteiger partial charge in [0.1, 0.15) is 0 Å². The minimum atomic E-state index is 0.968.